The lowest BCUT2D eigenvalue weighted by atomic mass is 9.76. The summed E-state index contributed by atoms with van der Waals surface area (Å²) in [5.74, 6) is -2.85. The number of benzene rings is 1. The molecule has 5 nitrogen and oxygen atoms in total. The van der Waals surface area contributed by atoms with Crippen molar-refractivity contribution in [2.45, 2.75) is 19.8 Å². The van der Waals surface area contributed by atoms with Crippen molar-refractivity contribution >= 4 is 17.7 Å². The van der Waals surface area contributed by atoms with E-state index in [2.05, 4.69) is 0 Å². The third-order valence-corrected chi connectivity index (χ3v) is 2.67. The van der Waals surface area contributed by atoms with E-state index in [0.717, 1.165) is 0 Å². The average Bonchev–Trinajstić information content (AvgIpc) is 2.27. The molecule has 96 valence electrons. The average molecular weight is 250 g/mol. The molecule has 0 bridgehead atoms. The molecule has 0 aromatic heterocycles. The number of carbonyl (C=O) groups excluding carboxylic acids is 1. The number of carbonyl (C=O) groups is 3. The molecule has 0 unspecified atom stereocenters. The number of Topliss-reactive ketones (excluding diaryl/α,β-unsaturated/α-hetero) is 1. The van der Waals surface area contributed by atoms with Gasteiger partial charge in [-0.15, -0.1) is 0 Å². The predicted octanol–water partition coefficient (Wildman–Crippen LogP) is 1.82. The minimum atomic E-state index is -1.43. The van der Waals surface area contributed by atoms with E-state index in [1.54, 1.807) is 30.3 Å². The van der Waals surface area contributed by atoms with Crippen LogP contribution in [0.25, 0.3) is 0 Å². The fourth-order valence-corrected chi connectivity index (χ4v) is 1.83. The van der Waals surface area contributed by atoms with Crippen molar-refractivity contribution in [1.29, 1.82) is 0 Å². The second-order valence-corrected chi connectivity index (χ2v) is 4.40. The molecule has 0 saturated heterocycles. The first-order chi connectivity index (χ1) is 8.35. The van der Waals surface area contributed by atoms with E-state index in [1.807, 2.05) is 0 Å². The minimum Gasteiger partial charge on any atom is -0.481 e. The van der Waals surface area contributed by atoms with Crippen LogP contribution in [-0.4, -0.2) is 27.9 Å². The van der Waals surface area contributed by atoms with Crippen molar-refractivity contribution in [2.24, 2.45) is 5.41 Å². The summed E-state index contributed by atoms with van der Waals surface area (Å²) in [7, 11) is 0. The van der Waals surface area contributed by atoms with Crippen molar-refractivity contribution < 1.29 is 24.6 Å². The van der Waals surface area contributed by atoms with Gasteiger partial charge < -0.3 is 10.2 Å². The molecule has 1 aromatic rings. The van der Waals surface area contributed by atoms with Gasteiger partial charge in [-0.3, -0.25) is 14.4 Å². The van der Waals surface area contributed by atoms with Gasteiger partial charge in [-0.2, -0.15) is 0 Å². The van der Waals surface area contributed by atoms with Gasteiger partial charge in [0.15, 0.2) is 5.78 Å². The summed E-state index contributed by atoms with van der Waals surface area (Å²) in [6.45, 7) is 1.37. The molecule has 0 radical (unpaired) electrons. The molecule has 0 saturated carbocycles. The van der Waals surface area contributed by atoms with Gasteiger partial charge in [-0.05, 0) is 0 Å². The molecule has 2 N–H and O–H groups in total. The SMILES string of the molecule is CC(CC(=O)O)(CC(=O)O)C(=O)c1ccccc1. The van der Waals surface area contributed by atoms with Crippen LogP contribution in [0.15, 0.2) is 30.3 Å². The molecule has 0 heterocycles. The summed E-state index contributed by atoms with van der Waals surface area (Å²) in [6, 6.07) is 8.11. The highest BCUT2D eigenvalue weighted by atomic mass is 16.4. The van der Waals surface area contributed by atoms with Crippen LogP contribution in [0.2, 0.25) is 0 Å². The van der Waals surface area contributed by atoms with Gasteiger partial charge in [-0.1, -0.05) is 37.3 Å². The molecule has 1 rings (SSSR count). The van der Waals surface area contributed by atoms with Crippen LogP contribution in [0, 0.1) is 5.41 Å². The van der Waals surface area contributed by atoms with E-state index in [0.29, 0.717) is 5.56 Å². The van der Waals surface area contributed by atoms with Gasteiger partial charge in [-0.25, -0.2) is 0 Å². The predicted molar refractivity (Wildman–Crippen MR) is 63.4 cm³/mol. The molecule has 0 aliphatic rings. The first-order valence-electron chi connectivity index (χ1n) is 5.38. The zero-order chi connectivity index (χ0) is 13.8. The summed E-state index contributed by atoms with van der Waals surface area (Å²) in [4.78, 5) is 33.8. The Bertz CT molecular complexity index is 448. The zero-order valence-corrected chi connectivity index (χ0v) is 9.92. The van der Waals surface area contributed by atoms with E-state index < -0.39 is 36.0 Å². The molecule has 0 atom stereocenters. The highest BCUT2D eigenvalue weighted by molar-refractivity contribution is 6.03. The van der Waals surface area contributed by atoms with Gasteiger partial charge in [0.2, 0.25) is 0 Å². The maximum absolute atomic E-state index is 12.2. The highest BCUT2D eigenvalue weighted by Crippen LogP contribution is 2.30. The van der Waals surface area contributed by atoms with Crippen LogP contribution in [0.3, 0.4) is 0 Å². The Kier molecular flexibility index (Phi) is 4.20. The van der Waals surface area contributed by atoms with Crippen LogP contribution in [0.1, 0.15) is 30.1 Å². The Balaban J connectivity index is 3.07. The molecule has 0 aliphatic heterocycles. The molecule has 0 amide bonds. The molecular formula is C13H14O5. The van der Waals surface area contributed by atoms with Gasteiger partial charge in [0.25, 0.3) is 0 Å². The summed E-state index contributed by atoms with van der Waals surface area (Å²) in [6.07, 6.45) is -1.01. The number of ketones is 1. The van der Waals surface area contributed by atoms with E-state index in [9.17, 15) is 14.4 Å². The molecular weight excluding hydrogens is 236 g/mol. The number of hydrogen-bond acceptors (Lipinski definition) is 3. The van der Waals surface area contributed by atoms with Crippen molar-refractivity contribution in [2.75, 3.05) is 0 Å². The quantitative estimate of drug-likeness (QED) is 0.751. The Morgan fingerprint density at radius 2 is 1.44 bits per heavy atom. The first-order valence-corrected chi connectivity index (χ1v) is 5.38. The number of rotatable bonds is 6. The van der Waals surface area contributed by atoms with Gasteiger partial charge in [0, 0.05) is 5.56 Å². The Hall–Kier alpha value is -2.17. The summed E-state index contributed by atoms with van der Waals surface area (Å²) < 4.78 is 0. The number of aliphatic carboxylic acids is 2. The molecule has 5 heteroatoms. The molecule has 1 aromatic carbocycles. The van der Waals surface area contributed by atoms with Crippen molar-refractivity contribution in [3.05, 3.63) is 35.9 Å². The van der Waals surface area contributed by atoms with Crippen molar-refractivity contribution in [3.63, 3.8) is 0 Å². The van der Waals surface area contributed by atoms with Gasteiger partial charge in [0.05, 0.1) is 18.3 Å². The normalized spacial score (nSPS) is 10.9. The van der Waals surface area contributed by atoms with Crippen LogP contribution >= 0.6 is 0 Å². The maximum Gasteiger partial charge on any atom is 0.304 e. The van der Waals surface area contributed by atoms with Crippen molar-refractivity contribution in [3.8, 4) is 0 Å². The second kappa shape index (κ2) is 5.44. The lowest BCUT2D eigenvalue weighted by Crippen LogP contribution is -2.33. The van der Waals surface area contributed by atoms with Crippen LogP contribution in [-0.2, 0) is 9.59 Å². The largest absolute Gasteiger partial charge is 0.481 e. The molecule has 0 fully saturated rings. The standard InChI is InChI=1S/C13H14O5/c1-13(7-10(14)15,8-11(16)17)12(18)9-5-3-2-4-6-9/h2-6H,7-8H2,1H3,(H,14,15)(H,16,17). The third kappa shape index (κ3) is 3.41. The van der Waals surface area contributed by atoms with Gasteiger partial charge >= 0.3 is 11.9 Å². The lowest BCUT2D eigenvalue weighted by molar-refractivity contribution is -0.142. The smallest absolute Gasteiger partial charge is 0.304 e. The van der Waals surface area contributed by atoms with Gasteiger partial charge in [0.1, 0.15) is 0 Å². The zero-order valence-electron chi connectivity index (χ0n) is 9.92. The topological polar surface area (TPSA) is 91.7 Å². The number of hydrogen-bond donors (Lipinski definition) is 2. The molecule has 0 spiro atoms. The van der Waals surface area contributed by atoms with E-state index >= 15 is 0 Å². The van der Waals surface area contributed by atoms with Crippen LogP contribution in [0.4, 0.5) is 0 Å². The summed E-state index contributed by atoms with van der Waals surface area (Å²) >= 11 is 0. The van der Waals surface area contributed by atoms with E-state index in [1.165, 1.54) is 6.92 Å². The Morgan fingerprint density at radius 3 is 1.83 bits per heavy atom. The fraction of sp³-hybridized carbons (Fsp3) is 0.308. The first kappa shape index (κ1) is 13.9. The number of carboxylic acid groups (broad SMARTS) is 2. The van der Waals surface area contributed by atoms with Crippen LogP contribution in [0.5, 0.6) is 0 Å². The second-order valence-electron chi connectivity index (χ2n) is 4.40. The monoisotopic (exact) mass is 250 g/mol. The highest BCUT2D eigenvalue weighted by Gasteiger charge is 2.38. The van der Waals surface area contributed by atoms with Crippen molar-refractivity contribution in [1.82, 2.24) is 0 Å². The van der Waals surface area contributed by atoms with E-state index in [-0.39, 0.29) is 0 Å². The summed E-state index contributed by atoms with van der Waals surface area (Å²) in [5, 5.41) is 17.6. The Morgan fingerprint density at radius 1 is 1.00 bits per heavy atom. The minimum absolute atomic E-state index is 0.322. The molecule has 18 heavy (non-hydrogen) atoms. The third-order valence-electron chi connectivity index (χ3n) is 2.67. The number of carboxylic acids is 2. The molecule has 0 aliphatic carbocycles. The van der Waals surface area contributed by atoms with Crippen LogP contribution < -0.4 is 0 Å². The van der Waals surface area contributed by atoms with E-state index in [4.69, 9.17) is 10.2 Å². The fourth-order valence-electron chi connectivity index (χ4n) is 1.83. The Labute approximate surface area is 104 Å². The summed E-state index contributed by atoms with van der Waals surface area (Å²) in [5.41, 5.74) is -1.11. The lowest BCUT2D eigenvalue weighted by Gasteiger charge is -2.24. The maximum atomic E-state index is 12.2.